The Morgan fingerprint density at radius 1 is 1.28 bits per heavy atom. The Kier molecular flexibility index (Phi) is 5.33. The van der Waals surface area contributed by atoms with E-state index in [1.807, 2.05) is 0 Å². The third kappa shape index (κ3) is 4.34. The first kappa shape index (κ1) is 17.8. The number of hydrogen-bond donors (Lipinski definition) is 0. The summed E-state index contributed by atoms with van der Waals surface area (Å²) in [6, 6.07) is 5.22. The topological polar surface area (TPSA) is 55.8 Å². The lowest BCUT2D eigenvalue weighted by molar-refractivity contribution is -0.150. The van der Waals surface area contributed by atoms with Crippen LogP contribution < -0.4 is 4.74 Å². The molecule has 25 heavy (non-hydrogen) atoms. The monoisotopic (exact) mass is 363 g/mol. The molecule has 0 spiro atoms. The summed E-state index contributed by atoms with van der Waals surface area (Å²) in [4.78, 5) is 26.3. The Hall–Kier alpha value is -2.01. The van der Waals surface area contributed by atoms with E-state index in [1.165, 1.54) is 0 Å². The maximum absolute atomic E-state index is 12.3. The second-order valence-electron chi connectivity index (χ2n) is 6.96. The number of piperidine rings is 1. The Balaban J connectivity index is 1.58. The van der Waals surface area contributed by atoms with Gasteiger partial charge in [0.15, 0.2) is 6.61 Å². The van der Waals surface area contributed by atoms with Crippen molar-refractivity contribution in [3.63, 3.8) is 0 Å². The van der Waals surface area contributed by atoms with Crippen molar-refractivity contribution >= 4 is 29.6 Å². The van der Waals surface area contributed by atoms with Gasteiger partial charge in [-0.1, -0.05) is 25.4 Å². The predicted molar refractivity (Wildman–Crippen MR) is 95.4 cm³/mol. The van der Waals surface area contributed by atoms with E-state index in [-0.39, 0.29) is 19.1 Å². The molecule has 0 aromatic heterocycles. The van der Waals surface area contributed by atoms with Crippen molar-refractivity contribution in [2.24, 2.45) is 11.8 Å². The van der Waals surface area contributed by atoms with Gasteiger partial charge in [0.05, 0.1) is 5.57 Å². The minimum Gasteiger partial charge on any atom is -0.488 e. The van der Waals surface area contributed by atoms with Gasteiger partial charge in [0.25, 0.3) is 5.91 Å². The summed E-state index contributed by atoms with van der Waals surface area (Å²) >= 11 is 5.97. The van der Waals surface area contributed by atoms with Gasteiger partial charge in [0.1, 0.15) is 12.4 Å². The summed E-state index contributed by atoms with van der Waals surface area (Å²) in [6.45, 7) is 5.59. The first-order valence-corrected chi connectivity index (χ1v) is 8.88. The quantitative estimate of drug-likeness (QED) is 0.774. The molecule has 2 aliphatic heterocycles. The molecule has 1 saturated heterocycles. The zero-order chi connectivity index (χ0) is 18.0. The number of rotatable bonds is 3. The summed E-state index contributed by atoms with van der Waals surface area (Å²) in [5, 5.41) is 0.566. The van der Waals surface area contributed by atoms with Crippen LogP contribution in [0, 0.1) is 11.8 Å². The van der Waals surface area contributed by atoms with Crippen LogP contribution in [0.4, 0.5) is 0 Å². The SMILES string of the molecule is CC1CC(C)CN(C(=O)COC(=O)C2=Cc3cc(Cl)ccc3OC2)C1. The van der Waals surface area contributed by atoms with Gasteiger partial charge in [-0.15, -0.1) is 0 Å². The largest absolute Gasteiger partial charge is 0.488 e. The Morgan fingerprint density at radius 2 is 2.00 bits per heavy atom. The van der Waals surface area contributed by atoms with Gasteiger partial charge in [0.2, 0.25) is 0 Å². The van der Waals surface area contributed by atoms with Crippen molar-refractivity contribution in [2.75, 3.05) is 26.3 Å². The highest BCUT2D eigenvalue weighted by atomic mass is 35.5. The van der Waals surface area contributed by atoms with Gasteiger partial charge in [-0.05, 0) is 42.5 Å². The average Bonchev–Trinajstić information content (AvgIpc) is 2.57. The van der Waals surface area contributed by atoms with Crippen molar-refractivity contribution in [1.82, 2.24) is 4.90 Å². The number of halogens is 1. The second-order valence-corrected chi connectivity index (χ2v) is 7.40. The van der Waals surface area contributed by atoms with Crippen LogP contribution in [0.3, 0.4) is 0 Å². The Morgan fingerprint density at radius 3 is 2.72 bits per heavy atom. The average molecular weight is 364 g/mol. The molecule has 1 fully saturated rings. The third-order valence-corrected chi connectivity index (χ3v) is 4.73. The number of likely N-dealkylation sites (tertiary alicyclic amines) is 1. The molecule has 1 aromatic rings. The van der Waals surface area contributed by atoms with E-state index in [0.717, 1.165) is 25.1 Å². The molecule has 0 aliphatic carbocycles. The zero-order valence-corrected chi connectivity index (χ0v) is 15.2. The summed E-state index contributed by atoms with van der Waals surface area (Å²) in [5.74, 6) is 0.941. The molecular formula is C19H22ClNO4. The van der Waals surface area contributed by atoms with Crippen LogP contribution in [0.5, 0.6) is 5.75 Å². The van der Waals surface area contributed by atoms with Crippen molar-refractivity contribution in [2.45, 2.75) is 20.3 Å². The number of ether oxygens (including phenoxy) is 2. The van der Waals surface area contributed by atoms with E-state index < -0.39 is 5.97 Å². The Labute approximate surface area is 152 Å². The number of fused-ring (bicyclic) bond motifs is 1. The molecule has 0 N–H and O–H groups in total. The normalized spacial score (nSPS) is 22.5. The molecule has 1 aromatic carbocycles. The summed E-state index contributed by atoms with van der Waals surface area (Å²) in [5.41, 5.74) is 1.11. The molecule has 0 bridgehead atoms. The standard InChI is InChI=1S/C19H22ClNO4/c1-12-5-13(2)9-21(8-12)18(22)11-25-19(23)15-6-14-7-16(20)3-4-17(14)24-10-15/h3-4,6-7,12-13H,5,8-11H2,1-2H3. The van der Waals surface area contributed by atoms with Crippen molar-refractivity contribution in [3.05, 3.63) is 34.4 Å². The smallest absolute Gasteiger partial charge is 0.338 e. The lowest BCUT2D eigenvalue weighted by Gasteiger charge is -2.34. The highest BCUT2D eigenvalue weighted by Gasteiger charge is 2.26. The van der Waals surface area contributed by atoms with E-state index in [9.17, 15) is 9.59 Å². The first-order valence-electron chi connectivity index (χ1n) is 8.50. The predicted octanol–water partition coefficient (Wildman–Crippen LogP) is 3.16. The molecule has 0 radical (unpaired) electrons. The summed E-state index contributed by atoms with van der Waals surface area (Å²) in [6.07, 6.45) is 2.82. The maximum Gasteiger partial charge on any atom is 0.338 e. The van der Waals surface area contributed by atoms with Crippen LogP contribution in [0.1, 0.15) is 25.8 Å². The number of amides is 1. The Bertz CT molecular complexity index is 705. The number of benzene rings is 1. The minimum atomic E-state index is -0.530. The van der Waals surface area contributed by atoms with E-state index in [1.54, 1.807) is 29.2 Å². The molecule has 2 unspecified atom stereocenters. The molecular weight excluding hydrogens is 342 g/mol. The van der Waals surface area contributed by atoms with Crippen LogP contribution in [-0.4, -0.2) is 43.1 Å². The zero-order valence-electron chi connectivity index (χ0n) is 14.5. The fourth-order valence-electron chi connectivity index (χ4n) is 3.44. The minimum absolute atomic E-state index is 0.124. The summed E-state index contributed by atoms with van der Waals surface area (Å²) in [7, 11) is 0. The van der Waals surface area contributed by atoms with E-state index in [0.29, 0.717) is 28.2 Å². The highest BCUT2D eigenvalue weighted by molar-refractivity contribution is 6.30. The highest BCUT2D eigenvalue weighted by Crippen LogP contribution is 2.29. The van der Waals surface area contributed by atoms with Crippen molar-refractivity contribution in [3.8, 4) is 5.75 Å². The molecule has 6 heteroatoms. The molecule has 1 amide bonds. The van der Waals surface area contributed by atoms with Gasteiger partial charge in [-0.25, -0.2) is 4.79 Å². The third-order valence-electron chi connectivity index (χ3n) is 4.50. The van der Waals surface area contributed by atoms with Gasteiger partial charge >= 0.3 is 5.97 Å². The number of nitrogens with zero attached hydrogens (tertiary/aromatic N) is 1. The molecule has 3 rings (SSSR count). The number of esters is 1. The van der Waals surface area contributed by atoms with Crippen molar-refractivity contribution < 1.29 is 19.1 Å². The maximum atomic E-state index is 12.3. The number of carbonyl (C=O) groups is 2. The fraction of sp³-hybridized carbons (Fsp3) is 0.474. The van der Waals surface area contributed by atoms with E-state index in [4.69, 9.17) is 21.1 Å². The van der Waals surface area contributed by atoms with Gasteiger partial charge < -0.3 is 14.4 Å². The van der Waals surface area contributed by atoms with Gasteiger partial charge in [0, 0.05) is 23.7 Å². The van der Waals surface area contributed by atoms with E-state index >= 15 is 0 Å². The number of hydrogen-bond acceptors (Lipinski definition) is 4. The van der Waals surface area contributed by atoms with Crippen molar-refractivity contribution in [1.29, 1.82) is 0 Å². The second kappa shape index (κ2) is 7.48. The van der Waals surface area contributed by atoms with Crippen LogP contribution in [0.2, 0.25) is 5.02 Å². The van der Waals surface area contributed by atoms with Gasteiger partial charge in [-0.2, -0.15) is 0 Å². The van der Waals surface area contributed by atoms with Crippen LogP contribution in [0.25, 0.3) is 6.08 Å². The van der Waals surface area contributed by atoms with Crippen LogP contribution in [-0.2, 0) is 14.3 Å². The first-order chi connectivity index (χ1) is 11.9. The lowest BCUT2D eigenvalue weighted by Crippen LogP contribution is -2.44. The summed E-state index contributed by atoms with van der Waals surface area (Å²) < 4.78 is 10.7. The molecule has 2 aliphatic rings. The van der Waals surface area contributed by atoms with E-state index in [2.05, 4.69) is 13.8 Å². The molecule has 5 nitrogen and oxygen atoms in total. The lowest BCUT2D eigenvalue weighted by atomic mass is 9.92. The van der Waals surface area contributed by atoms with Crippen LogP contribution in [0.15, 0.2) is 23.8 Å². The van der Waals surface area contributed by atoms with Gasteiger partial charge in [-0.3, -0.25) is 4.79 Å². The number of carbonyl (C=O) groups excluding carboxylic acids is 2. The molecule has 0 saturated carbocycles. The fourth-order valence-corrected chi connectivity index (χ4v) is 3.62. The van der Waals surface area contributed by atoms with Crippen LogP contribution >= 0.6 is 11.6 Å². The molecule has 134 valence electrons. The molecule has 2 atom stereocenters. The molecule has 2 heterocycles.